The largest absolute Gasteiger partial charge is 0.352 e. The van der Waals surface area contributed by atoms with E-state index in [0.29, 0.717) is 5.69 Å². The van der Waals surface area contributed by atoms with Crippen molar-refractivity contribution >= 4 is 27.5 Å². The molecule has 7 nitrogen and oxygen atoms in total. The minimum absolute atomic E-state index is 0.0342. The van der Waals surface area contributed by atoms with Gasteiger partial charge in [0.25, 0.3) is 0 Å². The minimum atomic E-state index is -3.75. The van der Waals surface area contributed by atoms with Gasteiger partial charge in [0.15, 0.2) is 0 Å². The van der Waals surface area contributed by atoms with Gasteiger partial charge in [0.05, 0.1) is 11.9 Å². The van der Waals surface area contributed by atoms with Crippen LogP contribution in [-0.4, -0.2) is 50.0 Å². The summed E-state index contributed by atoms with van der Waals surface area (Å²) in [7, 11) is -3.75. The third kappa shape index (κ3) is 7.06. The number of anilines is 1. The Morgan fingerprint density at radius 1 is 1.00 bits per heavy atom. The van der Waals surface area contributed by atoms with E-state index in [2.05, 4.69) is 5.32 Å². The zero-order valence-corrected chi connectivity index (χ0v) is 22.1. The predicted octanol–water partition coefficient (Wildman–Crippen LogP) is 3.71. The Hall–Kier alpha value is -2.87. The highest BCUT2D eigenvalue weighted by molar-refractivity contribution is 7.92. The van der Waals surface area contributed by atoms with Crippen molar-refractivity contribution in [1.29, 1.82) is 0 Å². The van der Waals surface area contributed by atoms with E-state index < -0.39 is 28.5 Å². The van der Waals surface area contributed by atoms with E-state index in [9.17, 15) is 18.0 Å². The fraction of sp³-hybridized carbons (Fsp3) is 0.462. The van der Waals surface area contributed by atoms with Gasteiger partial charge in [-0.3, -0.25) is 13.9 Å². The molecule has 34 heavy (non-hydrogen) atoms. The second kappa shape index (κ2) is 11.5. The maximum atomic E-state index is 13.6. The fourth-order valence-electron chi connectivity index (χ4n) is 3.70. The van der Waals surface area contributed by atoms with Crippen LogP contribution in [0.15, 0.2) is 42.5 Å². The number of carbonyl (C=O) groups is 2. The van der Waals surface area contributed by atoms with Gasteiger partial charge in [-0.2, -0.15) is 0 Å². The van der Waals surface area contributed by atoms with Gasteiger partial charge in [0.1, 0.15) is 12.6 Å². The average molecular weight is 488 g/mol. The van der Waals surface area contributed by atoms with Crippen LogP contribution in [-0.2, 0) is 26.2 Å². The zero-order valence-electron chi connectivity index (χ0n) is 21.3. The van der Waals surface area contributed by atoms with Crippen LogP contribution in [0.2, 0.25) is 0 Å². The molecule has 186 valence electrons. The molecule has 0 spiro atoms. The van der Waals surface area contributed by atoms with Crippen LogP contribution in [0, 0.1) is 20.8 Å². The minimum Gasteiger partial charge on any atom is -0.352 e. The number of rotatable bonds is 10. The van der Waals surface area contributed by atoms with Crippen molar-refractivity contribution in [2.45, 2.75) is 66.6 Å². The van der Waals surface area contributed by atoms with Crippen molar-refractivity contribution in [3.05, 3.63) is 64.7 Å². The highest BCUT2D eigenvalue weighted by Crippen LogP contribution is 2.24. The summed E-state index contributed by atoms with van der Waals surface area (Å²) >= 11 is 0. The van der Waals surface area contributed by atoms with Crippen LogP contribution < -0.4 is 9.62 Å². The zero-order chi connectivity index (χ0) is 25.6. The predicted molar refractivity (Wildman–Crippen MR) is 137 cm³/mol. The van der Waals surface area contributed by atoms with Crippen molar-refractivity contribution in [2.24, 2.45) is 0 Å². The Bertz CT molecular complexity index is 1130. The summed E-state index contributed by atoms with van der Waals surface area (Å²) in [4.78, 5) is 28.0. The standard InChI is InChI=1S/C26H37N3O4S/c1-8-21(5)27-26(31)22(6)28(16-23-12-10-9-11-19(23)3)25(30)17-29(34(7,32)33)24-14-13-18(2)15-20(24)4/h9-15,21-22H,8,16-17H2,1-7H3,(H,27,31)/t21-,22-/m0/s1. The summed E-state index contributed by atoms with van der Waals surface area (Å²) in [6, 6.07) is 12.2. The first-order chi connectivity index (χ1) is 15.8. The number of sulfonamides is 1. The Morgan fingerprint density at radius 2 is 1.65 bits per heavy atom. The van der Waals surface area contributed by atoms with Crippen molar-refractivity contribution in [2.75, 3.05) is 17.1 Å². The summed E-state index contributed by atoms with van der Waals surface area (Å²) < 4.78 is 26.5. The van der Waals surface area contributed by atoms with Gasteiger partial charge in [0.2, 0.25) is 21.8 Å². The number of amides is 2. The maximum absolute atomic E-state index is 13.6. The van der Waals surface area contributed by atoms with Gasteiger partial charge in [-0.25, -0.2) is 8.42 Å². The van der Waals surface area contributed by atoms with Crippen LogP contribution in [0.25, 0.3) is 0 Å². The highest BCUT2D eigenvalue weighted by atomic mass is 32.2. The molecule has 0 aliphatic heterocycles. The van der Waals surface area contributed by atoms with Crippen LogP contribution in [0.3, 0.4) is 0 Å². The molecule has 0 saturated carbocycles. The molecule has 0 aliphatic carbocycles. The van der Waals surface area contributed by atoms with Crippen molar-refractivity contribution in [1.82, 2.24) is 10.2 Å². The summed E-state index contributed by atoms with van der Waals surface area (Å²) in [5.74, 6) is -0.714. The molecule has 0 heterocycles. The smallest absolute Gasteiger partial charge is 0.244 e. The van der Waals surface area contributed by atoms with E-state index in [1.165, 1.54) is 4.90 Å². The van der Waals surface area contributed by atoms with Gasteiger partial charge in [-0.1, -0.05) is 48.9 Å². The lowest BCUT2D eigenvalue weighted by atomic mass is 10.1. The molecule has 0 radical (unpaired) electrons. The third-order valence-electron chi connectivity index (χ3n) is 6.07. The van der Waals surface area contributed by atoms with E-state index in [4.69, 9.17) is 0 Å². The molecule has 0 unspecified atom stereocenters. The van der Waals surface area contributed by atoms with E-state index in [1.807, 2.05) is 71.0 Å². The molecular formula is C26H37N3O4S. The average Bonchev–Trinajstić information content (AvgIpc) is 2.76. The lowest BCUT2D eigenvalue weighted by Gasteiger charge is -2.32. The molecule has 2 aromatic rings. The molecule has 1 N–H and O–H groups in total. The lowest BCUT2D eigenvalue weighted by Crippen LogP contribution is -2.52. The summed E-state index contributed by atoms with van der Waals surface area (Å²) in [5.41, 5.74) is 4.10. The second-order valence-electron chi connectivity index (χ2n) is 9.00. The molecule has 8 heteroatoms. The van der Waals surface area contributed by atoms with Crippen LogP contribution in [0.5, 0.6) is 0 Å². The molecular weight excluding hydrogens is 450 g/mol. The molecule has 2 amide bonds. The molecule has 2 aromatic carbocycles. The van der Waals surface area contributed by atoms with E-state index in [-0.39, 0.29) is 18.5 Å². The topological polar surface area (TPSA) is 86.8 Å². The molecule has 0 aliphatic rings. The Kier molecular flexibility index (Phi) is 9.27. The normalized spacial score (nSPS) is 13.1. The monoisotopic (exact) mass is 487 g/mol. The first kappa shape index (κ1) is 27.4. The lowest BCUT2D eigenvalue weighted by molar-refractivity contribution is -0.139. The molecule has 0 saturated heterocycles. The third-order valence-corrected chi connectivity index (χ3v) is 7.20. The van der Waals surface area contributed by atoms with Crippen LogP contribution >= 0.6 is 0 Å². The van der Waals surface area contributed by atoms with Gasteiger partial charge in [-0.15, -0.1) is 0 Å². The number of carbonyl (C=O) groups excluding carboxylic acids is 2. The van der Waals surface area contributed by atoms with E-state index in [0.717, 1.165) is 39.2 Å². The number of benzene rings is 2. The first-order valence-electron chi connectivity index (χ1n) is 11.5. The van der Waals surface area contributed by atoms with Crippen LogP contribution in [0.4, 0.5) is 5.69 Å². The van der Waals surface area contributed by atoms with Crippen LogP contribution in [0.1, 0.15) is 49.4 Å². The quantitative estimate of drug-likeness (QED) is 0.554. The first-order valence-corrected chi connectivity index (χ1v) is 13.4. The SMILES string of the molecule is CC[C@H](C)NC(=O)[C@H](C)N(Cc1ccccc1C)C(=O)CN(c1ccc(C)cc1C)S(C)(=O)=O. The highest BCUT2D eigenvalue weighted by Gasteiger charge is 2.31. The van der Waals surface area contributed by atoms with E-state index >= 15 is 0 Å². The maximum Gasteiger partial charge on any atom is 0.244 e. The van der Waals surface area contributed by atoms with E-state index in [1.54, 1.807) is 13.0 Å². The Morgan fingerprint density at radius 3 is 2.21 bits per heavy atom. The second-order valence-corrected chi connectivity index (χ2v) is 10.9. The number of hydrogen-bond donors (Lipinski definition) is 1. The Balaban J connectivity index is 2.43. The molecule has 0 fully saturated rings. The molecule has 2 atom stereocenters. The van der Waals surface area contributed by atoms with Gasteiger partial charge < -0.3 is 10.2 Å². The number of nitrogens with zero attached hydrogens (tertiary/aromatic N) is 2. The molecule has 0 bridgehead atoms. The summed E-state index contributed by atoms with van der Waals surface area (Å²) in [5, 5.41) is 2.93. The number of aryl methyl sites for hydroxylation is 3. The van der Waals surface area contributed by atoms with Gasteiger partial charge in [0, 0.05) is 12.6 Å². The Labute approximate surface area is 204 Å². The van der Waals surface area contributed by atoms with Crippen molar-refractivity contribution in [3.63, 3.8) is 0 Å². The fourth-order valence-corrected chi connectivity index (χ4v) is 4.61. The number of hydrogen-bond acceptors (Lipinski definition) is 4. The molecule has 2 rings (SSSR count). The van der Waals surface area contributed by atoms with Crippen molar-refractivity contribution in [3.8, 4) is 0 Å². The summed E-state index contributed by atoms with van der Waals surface area (Å²) in [6.07, 6.45) is 1.85. The van der Waals surface area contributed by atoms with Crippen molar-refractivity contribution < 1.29 is 18.0 Å². The number of nitrogens with one attached hydrogen (secondary N) is 1. The van der Waals surface area contributed by atoms with Gasteiger partial charge in [-0.05, 0) is 63.8 Å². The molecule has 0 aromatic heterocycles. The summed E-state index contributed by atoms with van der Waals surface area (Å²) in [6.45, 7) is 11.0. The van der Waals surface area contributed by atoms with Gasteiger partial charge >= 0.3 is 0 Å².